The standard InChI is InChI=1S/C18H29NO9/c1-6-7-8-24-18-15(19-10(2)20)17(27-13(5)23)16(26-12(4)22)14(28-18)9-25-11(3)21/h14-18H,6-9H2,1-5H3,(H,19,20)/t14?,15?,16-,17?,18-/m1/s1. The minimum absolute atomic E-state index is 0.245. The lowest BCUT2D eigenvalue weighted by Gasteiger charge is -2.44. The molecule has 0 bridgehead atoms. The van der Waals surface area contributed by atoms with Gasteiger partial charge in [-0.1, -0.05) is 13.3 Å². The number of amides is 1. The Hall–Kier alpha value is -2.20. The molecule has 0 radical (unpaired) electrons. The fourth-order valence-corrected chi connectivity index (χ4v) is 2.78. The molecule has 0 aromatic heterocycles. The van der Waals surface area contributed by atoms with E-state index < -0.39 is 54.5 Å². The summed E-state index contributed by atoms with van der Waals surface area (Å²) >= 11 is 0. The molecule has 5 atom stereocenters. The van der Waals surface area contributed by atoms with E-state index in [9.17, 15) is 19.2 Å². The first-order valence-electron chi connectivity index (χ1n) is 9.17. The van der Waals surface area contributed by atoms with Crippen molar-refractivity contribution >= 4 is 23.8 Å². The van der Waals surface area contributed by atoms with Crippen molar-refractivity contribution in [2.75, 3.05) is 13.2 Å². The normalized spacial score (nSPS) is 26.8. The minimum atomic E-state index is -1.11. The summed E-state index contributed by atoms with van der Waals surface area (Å²) < 4.78 is 27.2. The Bertz CT molecular complexity index is 565. The molecule has 0 aliphatic carbocycles. The summed E-state index contributed by atoms with van der Waals surface area (Å²) in [7, 11) is 0. The van der Waals surface area contributed by atoms with E-state index in [4.69, 9.17) is 23.7 Å². The fourth-order valence-electron chi connectivity index (χ4n) is 2.78. The maximum absolute atomic E-state index is 11.7. The van der Waals surface area contributed by atoms with Crippen LogP contribution in [0.3, 0.4) is 0 Å². The van der Waals surface area contributed by atoms with Gasteiger partial charge in [-0.05, 0) is 6.42 Å². The third-order valence-corrected chi connectivity index (χ3v) is 3.85. The molecule has 1 N–H and O–H groups in total. The highest BCUT2D eigenvalue weighted by Gasteiger charge is 2.51. The van der Waals surface area contributed by atoms with Gasteiger partial charge in [0, 0.05) is 34.3 Å². The Morgan fingerprint density at radius 2 is 1.54 bits per heavy atom. The lowest BCUT2D eigenvalue weighted by Crippen LogP contribution is -2.66. The van der Waals surface area contributed by atoms with E-state index in [0.29, 0.717) is 6.61 Å². The summed E-state index contributed by atoms with van der Waals surface area (Å²) in [6.07, 6.45) is -2.53. The van der Waals surface area contributed by atoms with Crippen molar-refractivity contribution in [1.82, 2.24) is 5.32 Å². The zero-order valence-corrected chi connectivity index (χ0v) is 16.9. The van der Waals surface area contributed by atoms with E-state index >= 15 is 0 Å². The average molecular weight is 403 g/mol. The van der Waals surface area contributed by atoms with E-state index in [1.165, 1.54) is 27.7 Å². The van der Waals surface area contributed by atoms with Crippen molar-refractivity contribution in [2.24, 2.45) is 0 Å². The molecule has 1 rings (SSSR count). The summed E-state index contributed by atoms with van der Waals surface area (Å²) in [4.78, 5) is 46.2. The van der Waals surface area contributed by atoms with Crippen LogP contribution in [0.25, 0.3) is 0 Å². The molecular formula is C18H29NO9. The quantitative estimate of drug-likeness (QED) is 0.332. The molecule has 3 unspecified atom stereocenters. The van der Waals surface area contributed by atoms with Gasteiger partial charge in [0.15, 0.2) is 18.5 Å². The molecular weight excluding hydrogens is 374 g/mol. The van der Waals surface area contributed by atoms with Gasteiger partial charge in [0.1, 0.15) is 18.8 Å². The highest BCUT2D eigenvalue weighted by atomic mass is 16.7. The van der Waals surface area contributed by atoms with E-state index in [1.54, 1.807) is 0 Å². The van der Waals surface area contributed by atoms with Crippen LogP contribution in [0.1, 0.15) is 47.5 Å². The Balaban J connectivity index is 3.21. The van der Waals surface area contributed by atoms with Crippen LogP contribution in [-0.4, -0.2) is 67.7 Å². The predicted molar refractivity (Wildman–Crippen MR) is 94.9 cm³/mol. The molecule has 10 nitrogen and oxygen atoms in total. The fraction of sp³-hybridized carbons (Fsp3) is 0.778. The van der Waals surface area contributed by atoms with E-state index in [0.717, 1.165) is 12.8 Å². The van der Waals surface area contributed by atoms with Crippen LogP contribution >= 0.6 is 0 Å². The first-order chi connectivity index (χ1) is 13.1. The van der Waals surface area contributed by atoms with Crippen LogP contribution in [-0.2, 0) is 42.9 Å². The largest absolute Gasteiger partial charge is 0.463 e. The van der Waals surface area contributed by atoms with Crippen LogP contribution in [0, 0.1) is 0 Å². The van der Waals surface area contributed by atoms with Gasteiger partial charge in [-0.15, -0.1) is 0 Å². The van der Waals surface area contributed by atoms with Crippen molar-refractivity contribution in [3.63, 3.8) is 0 Å². The third kappa shape index (κ3) is 7.81. The van der Waals surface area contributed by atoms with Gasteiger partial charge in [0.25, 0.3) is 0 Å². The molecule has 10 heteroatoms. The molecule has 0 saturated carbocycles. The number of hydrogen-bond donors (Lipinski definition) is 1. The maximum Gasteiger partial charge on any atom is 0.303 e. The molecule has 1 aliphatic heterocycles. The monoisotopic (exact) mass is 403 g/mol. The summed E-state index contributed by atoms with van der Waals surface area (Å²) in [5.41, 5.74) is 0. The molecule has 0 spiro atoms. The molecule has 1 fully saturated rings. The van der Waals surface area contributed by atoms with E-state index in [1.807, 2.05) is 6.92 Å². The average Bonchev–Trinajstić information content (AvgIpc) is 2.57. The van der Waals surface area contributed by atoms with E-state index in [-0.39, 0.29) is 6.61 Å². The second-order valence-electron chi connectivity index (χ2n) is 6.44. The SMILES string of the molecule is CCCCO[C@@H]1OC(COC(C)=O)[C@@H](OC(C)=O)C(OC(C)=O)C1NC(C)=O. The lowest BCUT2D eigenvalue weighted by atomic mass is 9.96. The van der Waals surface area contributed by atoms with Gasteiger partial charge in [-0.3, -0.25) is 19.2 Å². The highest BCUT2D eigenvalue weighted by Crippen LogP contribution is 2.28. The molecule has 0 aromatic rings. The van der Waals surface area contributed by atoms with Gasteiger partial charge < -0.3 is 29.0 Å². The van der Waals surface area contributed by atoms with Crippen molar-refractivity contribution < 1.29 is 42.9 Å². The molecule has 1 saturated heterocycles. The summed E-state index contributed by atoms with van der Waals surface area (Å²) in [6.45, 7) is 6.97. The number of rotatable bonds is 9. The van der Waals surface area contributed by atoms with Crippen LogP contribution in [0.4, 0.5) is 0 Å². The molecule has 1 heterocycles. The second-order valence-corrected chi connectivity index (χ2v) is 6.44. The zero-order chi connectivity index (χ0) is 21.3. The molecule has 0 aromatic carbocycles. The molecule has 160 valence electrons. The van der Waals surface area contributed by atoms with Gasteiger partial charge in [0.05, 0.1) is 0 Å². The smallest absolute Gasteiger partial charge is 0.303 e. The number of hydrogen-bond acceptors (Lipinski definition) is 9. The number of nitrogens with one attached hydrogen (secondary N) is 1. The number of ether oxygens (including phenoxy) is 5. The Kier molecular flexibility index (Phi) is 9.88. The van der Waals surface area contributed by atoms with Crippen LogP contribution in [0.15, 0.2) is 0 Å². The Labute approximate surface area is 164 Å². The maximum atomic E-state index is 11.7. The summed E-state index contributed by atoms with van der Waals surface area (Å²) in [5.74, 6) is -2.25. The molecule has 28 heavy (non-hydrogen) atoms. The van der Waals surface area contributed by atoms with Crippen LogP contribution in [0.5, 0.6) is 0 Å². The van der Waals surface area contributed by atoms with Crippen molar-refractivity contribution in [2.45, 2.75) is 78.1 Å². The topological polar surface area (TPSA) is 126 Å². The number of carbonyl (C=O) groups excluding carboxylic acids is 4. The Morgan fingerprint density at radius 1 is 0.929 bits per heavy atom. The summed E-state index contributed by atoms with van der Waals surface area (Å²) in [5, 5.41) is 2.64. The molecule has 1 aliphatic rings. The Morgan fingerprint density at radius 3 is 2.04 bits per heavy atom. The first kappa shape index (κ1) is 23.8. The second kappa shape index (κ2) is 11.6. The molecule has 1 amide bonds. The summed E-state index contributed by atoms with van der Waals surface area (Å²) in [6, 6.07) is -0.920. The van der Waals surface area contributed by atoms with Gasteiger partial charge in [-0.25, -0.2) is 0 Å². The first-order valence-corrected chi connectivity index (χ1v) is 9.17. The van der Waals surface area contributed by atoms with Crippen LogP contribution in [0.2, 0.25) is 0 Å². The van der Waals surface area contributed by atoms with Gasteiger partial charge in [-0.2, -0.15) is 0 Å². The predicted octanol–water partition coefficient (Wildman–Crippen LogP) is 0.459. The lowest BCUT2D eigenvalue weighted by molar-refractivity contribution is -0.277. The number of carbonyl (C=O) groups is 4. The number of esters is 3. The van der Waals surface area contributed by atoms with Crippen LogP contribution < -0.4 is 5.32 Å². The van der Waals surface area contributed by atoms with Gasteiger partial charge in [0.2, 0.25) is 5.91 Å². The van der Waals surface area contributed by atoms with Crippen molar-refractivity contribution in [3.8, 4) is 0 Å². The third-order valence-electron chi connectivity index (χ3n) is 3.85. The minimum Gasteiger partial charge on any atom is -0.463 e. The zero-order valence-electron chi connectivity index (χ0n) is 16.9. The van der Waals surface area contributed by atoms with E-state index in [2.05, 4.69) is 5.32 Å². The highest BCUT2D eigenvalue weighted by molar-refractivity contribution is 5.73. The van der Waals surface area contributed by atoms with Crippen molar-refractivity contribution in [3.05, 3.63) is 0 Å². The van der Waals surface area contributed by atoms with Gasteiger partial charge >= 0.3 is 17.9 Å². The van der Waals surface area contributed by atoms with Crippen molar-refractivity contribution in [1.29, 1.82) is 0 Å². The number of unbranched alkanes of at least 4 members (excludes halogenated alkanes) is 1.